The smallest absolute Gasteiger partial charge is 0.251 e. The topological polar surface area (TPSA) is 29.1 Å². The largest absolute Gasteiger partial charge is 0.351 e. The number of alkyl halides is 1. The van der Waals surface area contributed by atoms with E-state index in [1.807, 2.05) is 0 Å². The van der Waals surface area contributed by atoms with Crippen LogP contribution in [0.1, 0.15) is 42.5 Å². The minimum absolute atomic E-state index is 0.120. The number of carbonyl (C=O) groups excluding carboxylic acids is 1. The molecule has 0 bridgehead atoms. The maximum atomic E-state index is 12.8. The molecule has 2 rings (SSSR count). The molecule has 1 aliphatic rings. The first-order valence-corrected chi connectivity index (χ1v) is 7.87. The Labute approximate surface area is 121 Å². The summed E-state index contributed by atoms with van der Waals surface area (Å²) in [6, 6.07) is 5.67. The maximum absolute atomic E-state index is 12.8. The van der Waals surface area contributed by atoms with E-state index in [4.69, 9.17) is 0 Å². The van der Waals surface area contributed by atoms with Gasteiger partial charge in [-0.1, -0.05) is 35.2 Å². The van der Waals surface area contributed by atoms with Crippen molar-refractivity contribution >= 4 is 21.8 Å². The van der Waals surface area contributed by atoms with Gasteiger partial charge in [0.2, 0.25) is 0 Å². The third-order valence-corrected chi connectivity index (χ3v) is 5.12. The van der Waals surface area contributed by atoms with Crippen molar-refractivity contribution in [1.82, 2.24) is 5.32 Å². The van der Waals surface area contributed by atoms with Gasteiger partial charge in [-0.25, -0.2) is 4.39 Å². The molecule has 1 aromatic rings. The summed E-state index contributed by atoms with van der Waals surface area (Å²) in [6.45, 7) is 0.689. The molecule has 1 N–H and O–H groups in total. The van der Waals surface area contributed by atoms with Gasteiger partial charge in [-0.05, 0) is 42.5 Å². The van der Waals surface area contributed by atoms with E-state index in [-0.39, 0.29) is 17.1 Å². The average molecular weight is 328 g/mol. The molecule has 0 aromatic heterocycles. The second-order valence-electron chi connectivity index (χ2n) is 5.38. The van der Waals surface area contributed by atoms with Crippen LogP contribution in [-0.2, 0) is 0 Å². The van der Waals surface area contributed by atoms with Crippen LogP contribution in [0.15, 0.2) is 24.3 Å². The van der Waals surface area contributed by atoms with Crippen molar-refractivity contribution in [2.45, 2.75) is 32.1 Å². The lowest BCUT2D eigenvalue weighted by atomic mass is 9.75. The van der Waals surface area contributed by atoms with Gasteiger partial charge >= 0.3 is 0 Å². The van der Waals surface area contributed by atoms with Gasteiger partial charge in [0, 0.05) is 17.4 Å². The normalized spacial score (nSPS) is 18.0. The van der Waals surface area contributed by atoms with Gasteiger partial charge in [-0.3, -0.25) is 4.79 Å². The fourth-order valence-corrected chi connectivity index (χ4v) is 3.39. The Kier molecular flexibility index (Phi) is 4.97. The van der Waals surface area contributed by atoms with Crippen molar-refractivity contribution in [2.75, 3.05) is 11.9 Å². The summed E-state index contributed by atoms with van der Waals surface area (Å²) in [4.78, 5) is 12.0. The van der Waals surface area contributed by atoms with Gasteiger partial charge in [-0.2, -0.15) is 0 Å². The number of carbonyl (C=O) groups is 1. The first kappa shape index (κ1) is 14.5. The van der Waals surface area contributed by atoms with Crippen LogP contribution in [0.2, 0.25) is 0 Å². The van der Waals surface area contributed by atoms with E-state index in [1.54, 1.807) is 0 Å². The van der Waals surface area contributed by atoms with E-state index in [0.717, 1.165) is 18.2 Å². The summed E-state index contributed by atoms with van der Waals surface area (Å²) in [6.07, 6.45) is 6.07. The molecule has 1 aliphatic carbocycles. The Bertz CT molecular complexity index is 426. The van der Waals surface area contributed by atoms with Crippen molar-refractivity contribution < 1.29 is 9.18 Å². The molecule has 1 aromatic carbocycles. The SMILES string of the molecule is O=C(NCC1(CBr)CCCCC1)c1ccc(F)cc1. The zero-order chi connectivity index (χ0) is 13.7. The molecular formula is C15H19BrFNO. The molecule has 0 heterocycles. The number of hydrogen-bond donors (Lipinski definition) is 1. The first-order chi connectivity index (χ1) is 9.15. The standard InChI is InChI=1S/C15H19BrFNO/c16-10-15(8-2-1-3-9-15)11-18-14(19)12-4-6-13(17)7-5-12/h4-7H,1-3,8-11H2,(H,18,19). The fourth-order valence-electron chi connectivity index (χ4n) is 2.63. The quantitative estimate of drug-likeness (QED) is 0.835. The minimum Gasteiger partial charge on any atom is -0.351 e. The second-order valence-corrected chi connectivity index (χ2v) is 5.94. The average Bonchev–Trinajstić information content (AvgIpc) is 2.46. The van der Waals surface area contributed by atoms with Crippen LogP contribution < -0.4 is 5.32 Å². The molecule has 0 radical (unpaired) electrons. The molecule has 0 unspecified atom stereocenters. The van der Waals surface area contributed by atoms with Crippen LogP contribution in [0.25, 0.3) is 0 Å². The zero-order valence-corrected chi connectivity index (χ0v) is 12.5. The summed E-state index contributed by atoms with van der Waals surface area (Å²) in [7, 11) is 0. The second kappa shape index (κ2) is 6.51. The minimum atomic E-state index is -0.319. The van der Waals surface area contributed by atoms with E-state index in [1.165, 1.54) is 43.5 Å². The molecule has 0 spiro atoms. The lowest BCUT2D eigenvalue weighted by molar-refractivity contribution is 0.0922. The molecule has 1 saturated carbocycles. The Morgan fingerprint density at radius 2 is 1.84 bits per heavy atom. The molecule has 1 fully saturated rings. The van der Waals surface area contributed by atoms with E-state index in [2.05, 4.69) is 21.2 Å². The third kappa shape index (κ3) is 3.78. The number of halogens is 2. The number of rotatable bonds is 4. The number of amides is 1. The summed E-state index contributed by atoms with van der Waals surface area (Å²) in [5.74, 6) is -0.438. The van der Waals surface area contributed by atoms with Crippen molar-refractivity contribution in [3.63, 3.8) is 0 Å². The van der Waals surface area contributed by atoms with Crippen molar-refractivity contribution in [2.24, 2.45) is 5.41 Å². The predicted octanol–water partition coefficient (Wildman–Crippen LogP) is 3.90. The highest BCUT2D eigenvalue weighted by molar-refractivity contribution is 9.09. The summed E-state index contributed by atoms with van der Waals surface area (Å²) in [5.41, 5.74) is 0.704. The molecule has 1 amide bonds. The van der Waals surface area contributed by atoms with Crippen LogP contribution in [0.3, 0.4) is 0 Å². The van der Waals surface area contributed by atoms with Crippen LogP contribution in [0.5, 0.6) is 0 Å². The summed E-state index contributed by atoms with van der Waals surface area (Å²) < 4.78 is 12.8. The lowest BCUT2D eigenvalue weighted by Crippen LogP contribution is -2.40. The van der Waals surface area contributed by atoms with Crippen LogP contribution in [0.4, 0.5) is 4.39 Å². The highest BCUT2D eigenvalue weighted by atomic mass is 79.9. The van der Waals surface area contributed by atoms with Crippen LogP contribution in [0, 0.1) is 11.2 Å². The molecular weight excluding hydrogens is 309 g/mol. The van der Waals surface area contributed by atoms with Gasteiger partial charge < -0.3 is 5.32 Å². The van der Waals surface area contributed by atoms with E-state index >= 15 is 0 Å². The number of nitrogens with one attached hydrogen (secondary N) is 1. The van der Waals surface area contributed by atoms with Crippen molar-refractivity contribution in [3.05, 3.63) is 35.6 Å². The predicted molar refractivity (Wildman–Crippen MR) is 78.0 cm³/mol. The van der Waals surface area contributed by atoms with Gasteiger partial charge in [0.1, 0.15) is 5.82 Å². The first-order valence-electron chi connectivity index (χ1n) is 6.75. The van der Waals surface area contributed by atoms with Crippen molar-refractivity contribution in [1.29, 1.82) is 0 Å². The van der Waals surface area contributed by atoms with Gasteiger partial charge in [0.05, 0.1) is 0 Å². The van der Waals surface area contributed by atoms with E-state index in [0.29, 0.717) is 12.1 Å². The lowest BCUT2D eigenvalue weighted by Gasteiger charge is -2.35. The van der Waals surface area contributed by atoms with E-state index in [9.17, 15) is 9.18 Å². The Hall–Kier alpha value is -0.900. The summed E-state index contributed by atoms with van der Waals surface area (Å²) >= 11 is 3.58. The van der Waals surface area contributed by atoms with E-state index < -0.39 is 0 Å². The molecule has 2 nitrogen and oxygen atoms in total. The van der Waals surface area contributed by atoms with Gasteiger partial charge in [0.25, 0.3) is 5.91 Å². The number of hydrogen-bond acceptors (Lipinski definition) is 1. The van der Waals surface area contributed by atoms with Gasteiger partial charge in [-0.15, -0.1) is 0 Å². The number of benzene rings is 1. The highest BCUT2D eigenvalue weighted by Gasteiger charge is 2.31. The van der Waals surface area contributed by atoms with Gasteiger partial charge in [0.15, 0.2) is 0 Å². The fraction of sp³-hybridized carbons (Fsp3) is 0.533. The monoisotopic (exact) mass is 327 g/mol. The van der Waals surface area contributed by atoms with Crippen molar-refractivity contribution in [3.8, 4) is 0 Å². The van der Waals surface area contributed by atoms with Crippen LogP contribution >= 0.6 is 15.9 Å². The highest BCUT2D eigenvalue weighted by Crippen LogP contribution is 2.37. The zero-order valence-electron chi connectivity index (χ0n) is 10.9. The third-order valence-electron chi connectivity index (χ3n) is 3.93. The maximum Gasteiger partial charge on any atom is 0.251 e. The Balaban J connectivity index is 1.93. The summed E-state index contributed by atoms with van der Waals surface area (Å²) in [5, 5.41) is 3.91. The molecule has 19 heavy (non-hydrogen) atoms. The Morgan fingerprint density at radius 3 is 2.42 bits per heavy atom. The molecule has 4 heteroatoms. The Morgan fingerprint density at radius 1 is 1.21 bits per heavy atom. The molecule has 0 atom stereocenters. The molecule has 0 aliphatic heterocycles. The molecule has 0 saturated heterocycles. The van der Waals surface area contributed by atoms with Crippen LogP contribution in [-0.4, -0.2) is 17.8 Å². The molecule has 104 valence electrons.